The maximum Gasteiger partial charge on any atom is 0.342 e. The monoisotopic (exact) mass is 294 g/mol. The molecule has 2 aromatic rings. The first kappa shape index (κ1) is 14.1. The number of esters is 2. The SMILES string of the molecule is COc1ccc(/C(=C2/CC(=O)OC2=O)c2ccccc2)cc1. The fraction of sp³-hybridized carbons (Fsp3) is 0.111. The Morgan fingerprint density at radius 3 is 2.14 bits per heavy atom. The summed E-state index contributed by atoms with van der Waals surface area (Å²) >= 11 is 0. The fourth-order valence-electron chi connectivity index (χ4n) is 2.49. The number of rotatable bonds is 3. The molecule has 3 rings (SSSR count). The van der Waals surface area contributed by atoms with Crippen LogP contribution in [-0.2, 0) is 14.3 Å². The van der Waals surface area contributed by atoms with Crippen LogP contribution in [0.4, 0.5) is 0 Å². The number of hydrogen-bond donors (Lipinski definition) is 0. The van der Waals surface area contributed by atoms with Crippen molar-refractivity contribution in [1.82, 2.24) is 0 Å². The van der Waals surface area contributed by atoms with Gasteiger partial charge in [0, 0.05) is 0 Å². The second-order valence-electron chi connectivity index (χ2n) is 4.89. The molecule has 0 N–H and O–H groups in total. The number of hydrogen-bond acceptors (Lipinski definition) is 4. The van der Waals surface area contributed by atoms with Crippen LogP contribution in [0.25, 0.3) is 5.57 Å². The van der Waals surface area contributed by atoms with Crippen molar-refractivity contribution in [2.24, 2.45) is 0 Å². The summed E-state index contributed by atoms with van der Waals surface area (Å²) in [4.78, 5) is 23.4. The Bertz CT molecular complexity index is 742. The first-order valence-corrected chi connectivity index (χ1v) is 6.87. The normalized spacial score (nSPS) is 16.4. The molecule has 0 aromatic heterocycles. The minimum absolute atomic E-state index is 0.00487. The van der Waals surface area contributed by atoms with Crippen LogP contribution in [0, 0.1) is 0 Å². The zero-order valence-corrected chi connectivity index (χ0v) is 12.0. The number of carbonyl (C=O) groups is 2. The second kappa shape index (κ2) is 5.85. The van der Waals surface area contributed by atoms with E-state index in [2.05, 4.69) is 4.74 Å². The van der Waals surface area contributed by atoms with Gasteiger partial charge in [-0.1, -0.05) is 42.5 Å². The molecule has 4 nitrogen and oxygen atoms in total. The van der Waals surface area contributed by atoms with Crippen molar-refractivity contribution in [3.05, 3.63) is 71.3 Å². The lowest BCUT2D eigenvalue weighted by Crippen LogP contribution is -2.01. The summed E-state index contributed by atoms with van der Waals surface area (Å²) in [5, 5.41) is 0. The van der Waals surface area contributed by atoms with E-state index in [1.165, 1.54) is 0 Å². The van der Waals surface area contributed by atoms with Gasteiger partial charge in [0.05, 0.1) is 19.1 Å². The van der Waals surface area contributed by atoms with Crippen molar-refractivity contribution >= 4 is 17.5 Å². The van der Waals surface area contributed by atoms with Gasteiger partial charge >= 0.3 is 11.9 Å². The molecule has 1 aliphatic heterocycles. The number of carbonyl (C=O) groups excluding carboxylic acids is 2. The molecule has 22 heavy (non-hydrogen) atoms. The third kappa shape index (κ3) is 2.63. The van der Waals surface area contributed by atoms with Crippen molar-refractivity contribution in [1.29, 1.82) is 0 Å². The summed E-state index contributed by atoms with van der Waals surface area (Å²) in [5.74, 6) is -0.354. The molecule has 2 aromatic carbocycles. The van der Waals surface area contributed by atoms with E-state index < -0.39 is 11.9 Å². The number of benzene rings is 2. The maximum absolute atomic E-state index is 12.0. The van der Waals surface area contributed by atoms with Gasteiger partial charge in [0.15, 0.2) is 0 Å². The minimum atomic E-state index is -0.570. The van der Waals surface area contributed by atoms with Crippen LogP contribution in [0.1, 0.15) is 17.5 Å². The average molecular weight is 294 g/mol. The van der Waals surface area contributed by atoms with E-state index >= 15 is 0 Å². The standard InChI is InChI=1S/C18H14O4/c1-21-14-9-7-13(8-10-14)17(12-5-3-2-4-6-12)15-11-16(19)22-18(15)20/h2-10H,11H2,1H3/b17-15-. The van der Waals surface area contributed by atoms with E-state index in [0.29, 0.717) is 5.57 Å². The van der Waals surface area contributed by atoms with Crippen LogP contribution >= 0.6 is 0 Å². The summed E-state index contributed by atoms with van der Waals surface area (Å²) < 4.78 is 9.84. The van der Waals surface area contributed by atoms with E-state index in [-0.39, 0.29) is 6.42 Å². The molecule has 0 atom stereocenters. The lowest BCUT2D eigenvalue weighted by atomic mass is 9.92. The smallest absolute Gasteiger partial charge is 0.342 e. The van der Waals surface area contributed by atoms with Crippen molar-refractivity contribution in [3.63, 3.8) is 0 Å². The zero-order valence-electron chi connectivity index (χ0n) is 12.0. The van der Waals surface area contributed by atoms with E-state index in [0.717, 1.165) is 22.4 Å². The highest BCUT2D eigenvalue weighted by atomic mass is 16.6. The van der Waals surface area contributed by atoms with Gasteiger partial charge in [0.2, 0.25) is 0 Å². The van der Waals surface area contributed by atoms with Gasteiger partial charge in [-0.15, -0.1) is 0 Å². The first-order chi connectivity index (χ1) is 10.7. The third-order valence-corrected chi connectivity index (χ3v) is 3.52. The number of methoxy groups -OCH3 is 1. The molecule has 1 heterocycles. The highest BCUT2D eigenvalue weighted by Gasteiger charge is 2.31. The van der Waals surface area contributed by atoms with Crippen LogP contribution < -0.4 is 4.74 Å². The molecule has 0 unspecified atom stereocenters. The van der Waals surface area contributed by atoms with Gasteiger partial charge in [-0.05, 0) is 28.8 Å². The molecule has 1 saturated heterocycles. The quantitative estimate of drug-likeness (QED) is 0.496. The largest absolute Gasteiger partial charge is 0.497 e. The topological polar surface area (TPSA) is 52.6 Å². The molecule has 4 heteroatoms. The van der Waals surface area contributed by atoms with E-state index in [1.807, 2.05) is 54.6 Å². The summed E-state index contributed by atoms with van der Waals surface area (Å²) in [6.07, 6.45) is -0.00487. The van der Waals surface area contributed by atoms with E-state index in [9.17, 15) is 9.59 Å². The van der Waals surface area contributed by atoms with Gasteiger partial charge in [-0.3, -0.25) is 4.79 Å². The molecule has 0 aliphatic carbocycles. The Morgan fingerprint density at radius 2 is 1.59 bits per heavy atom. The molecular weight excluding hydrogens is 280 g/mol. The van der Waals surface area contributed by atoms with Gasteiger partial charge in [-0.2, -0.15) is 0 Å². The Labute approximate surface area is 128 Å². The molecule has 0 bridgehead atoms. The van der Waals surface area contributed by atoms with Crippen molar-refractivity contribution < 1.29 is 19.1 Å². The molecule has 1 aliphatic rings. The molecule has 0 spiro atoms. The number of ether oxygens (including phenoxy) is 2. The van der Waals surface area contributed by atoms with Gasteiger partial charge < -0.3 is 9.47 Å². The van der Waals surface area contributed by atoms with Gasteiger partial charge in [0.1, 0.15) is 5.75 Å². The fourth-order valence-corrected chi connectivity index (χ4v) is 2.49. The Morgan fingerprint density at radius 1 is 0.955 bits per heavy atom. The van der Waals surface area contributed by atoms with Crippen LogP contribution in [0.15, 0.2) is 60.2 Å². The van der Waals surface area contributed by atoms with E-state index in [1.54, 1.807) is 7.11 Å². The van der Waals surface area contributed by atoms with Crippen LogP contribution in [0.2, 0.25) is 0 Å². The third-order valence-electron chi connectivity index (χ3n) is 3.52. The average Bonchev–Trinajstić information content (AvgIpc) is 2.88. The summed E-state index contributed by atoms with van der Waals surface area (Å²) in [6, 6.07) is 16.9. The van der Waals surface area contributed by atoms with Gasteiger partial charge in [-0.25, -0.2) is 4.79 Å². The molecule has 0 saturated carbocycles. The molecular formula is C18H14O4. The van der Waals surface area contributed by atoms with Crippen molar-refractivity contribution in [2.75, 3.05) is 7.11 Å². The van der Waals surface area contributed by atoms with E-state index in [4.69, 9.17) is 4.74 Å². The first-order valence-electron chi connectivity index (χ1n) is 6.87. The summed E-state index contributed by atoms with van der Waals surface area (Å²) in [6.45, 7) is 0. The number of cyclic esters (lactones) is 2. The Kier molecular flexibility index (Phi) is 3.74. The second-order valence-corrected chi connectivity index (χ2v) is 4.89. The summed E-state index contributed by atoms with van der Waals surface area (Å²) in [5.41, 5.74) is 2.82. The van der Waals surface area contributed by atoms with Crippen LogP contribution in [-0.4, -0.2) is 19.0 Å². The maximum atomic E-state index is 12.0. The molecule has 110 valence electrons. The molecule has 0 radical (unpaired) electrons. The summed E-state index contributed by atoms with van der Waals surface area (Å²) in [7, 11) is 1.60. The van der Waals surface area contributed by atoms with Crippen molar-refractivity contribution in [2.45, 2.75) is 6.42 Å². The molecule has 1 fully saturated rings. The predicted molar refractivity (Wildman–Crippen MR) is 81.2 cm³/mol. The highest BCUT2D eigenvalue weighted by Crippen LogP contribution is 2.32. The van der Waals surface area contributed by atoms with Crippen molar-refractivity contribution in [3.8, 4) is 5.75 Å². The van der Waals surface area contributed by atoms with Crippen LogP contribution in [0.5, 0.6) is 5.75 Å². The van der Waals surface area contributed by atoms with Gasteiger partial charge in [0.25, 0.3) is 0 Å². The zero-order chi connectivity index (χ0) is 15.5. The lowest BCUT2D eigenvalue weighted by Gasteiger charge is -2.11. The Hall–Kier alpha value is -2.88. The Balaban J connectivity index is 2.17. The highest BCUT2D eigenvalue weighted by molar-refractivity contribution is 6.12. The minimum Gasteiger partial charge on any atom is -0.497 e. The van der Waals surface area contributed by atoms with Crippen LogP contribution in [0.3, 0.4) is 0 Å². The molecule has 0 amide bonds. The lowest BCUT2D eigenvalue weighted by molar-refractivity contribution is -0.151. The predicted octanol–water partition coefficient (Wildman–Crippen LogP) is 2.97.